The summed E-state index contributed by atoms with van der Waals surface area (Å²) in [5, 5.41) is 5.43. The van der Waals surface area contributed by atoms with Crippen LogP contribution in [-0.4, -0.2) is 46.0 Å². The van der Waals surface area contributed by atoms with Gasteiger partial charge in [-0.3, -0.25) is 9.27 Å². The second-order valence-corrected chi connectivity index (χ2v) is 10.4. The second kappa shape index (κ2) is 9.61. The normalized spacial score (nSPS) is 11.5. The third-order valence-electron chi connectivity index (χ3n) is 4.35. The number of para-hydroxylation sites is 2. The lowest BCUT2D eigenvalue weighted by Crippen LogP contribution is -2.09. The number of rotatable bonds is 5. The summed E-state index contributed by atoms with van der Waals surface area (Å²) in [6, 6.07) is 21.0. The Morgan fingerprint density at radius 1 is 0.848 bits per heavy atom. The zero-order valence-corrected chi connectivity index (χ0v) is 19.7. The van der Waals surface area contributed by atoms with Gasteiger partial charge in [0.25, 0.3) is 10.1 Å². The zero-order valence-electron chi connectivity index (χ0n) is 18.1. The average molecular weight is 490 g/mol. The molecule has 0 aliphatic rings. The number of hydrogen-bond donors (Lipinski definition) is 3. The molecule has 0 fully saturated rings. The minimum atomic E-state index is -3.67. The summed E-state index contributed by atoms with van der Waals surface area (Å²) in [5.74, 6) is 0.527. The van der Waals surface area contributed by atoms with E-state index in [1.54, 1.807) is 25.3 Å². The molecule has 1 aromatic heterocycles. The van der Waals surface area contributed by atoms with Crippen molar-refractivity contribution in [1.82, 2.24) is 4.98 Å². The van der Waals surface area contributed by atoms with Gasteiger partial charge in [0.05, 0.1) is 47.7 Å². The van der Waals surface area contributed by atoms with Crippen LogP contribution in [0.2, 0.25) is 0 Å². The lowest BCUT2D eigenvalue weighted by Gasteiger charge is -2.16. The molecule has 9 nitrogen and oxygen atoms in total. The standard InChI is InChI=1S/C21H19N3O3S.CH4O3S/c1-27-20-13-14(24-28(2,25)26)11-12-19(20)23-21-15-7-3-5-9-17(15)22-18-10-6-4-8-16(18)21;1-5(2,3)4/h3-13,24H,1-2H3,(H,22,23);1H3,(H,2,3,4). The highest BCUT2D eigenvalue weighted by Gasteiger charge is 2.12. The molecule has 1 heterocycles. The second-order valence-electron chi connectivity index (χ2n) is 7.17. The number of hydrogen-bond acceptors (Lipinski definition) is 7. The first-order chi connectivity index (χ1) is 15.4. The molecule has 0 spiro atoms. The summed E-state index contributed by atoms with van der Waals surface area (Å²) >= 11 is 0. The molecule has 3 aromatic carbocycles. The van der Waals surface area contributed by atoms with E-state index in [0.29, 0.717) is 17.7 Å². The van der Waals surface area contributed by atoms with Crippen LogP contribution in [0.15, 0.2) is 66.7 Å². The summed E-state index contributed by atoms with van der Waals surface area (Å²) in [5.41, 5.74) is 3.86. The molecule has 0 radical (unpaired) electrons. The molecule has 0 saturated heterocycles. The van der Waals surface area contributed by atoms with Crippen molar-refractivity contribution in [2.24, 2.45) is 0 Å². The fraction of sp³-hybridized carbons (Fsp3) is 0.136. The molecular formula is C22H23N3O6S2. The van der Waals surface area contributed by atoms with Crippen molar-refractivity contribution in [1.29, 1.82) is 0 Å². The fourth-order valence-corrected chi connectivity index (χ4v) is 3.74. The molecule has 0 amide bonds. The lowest BCUT2D eigenvalue weighted by molar-refractivity contribution is 0.417. The van der Waals surface area contributed by atoms with Gasteiger partial charge < -0.3 is 10.1 Å². The molecule has 0 saturated carbocycles. The van der Waals surface area contributed by atoms with E-state index in [9.17, 15) is 16.8 Å². The Kier molecular flexibility index (Phi) is 7.06. The molecule has 174 valence electrons. The van der Waals surface area contributed by atoms with Gasteiger partial charge in [-0.15, -0.1) is 0 Å². The number of fused-ring (bicyclic) bond motifs is 2. The third kappa shape index (κ3) is 6.78. The number of pyridine rings is 1. The van der Waals surface area contributed by atoms with Crippen LogP contribution in [0, 0.1) is 0 Å². The highest BCUT2D eigenvalue weighted by molar-refractivity contribution is 7.92. The summed E-state index contributed by atoms with van der Waals surface area (Å²) < 4.78 is 56.8. The number of aromatic nitrogens is 1. The van der Waals surface area contributed by atoms with Crippen LogP contribution in [0.25, 0.3) is 21.8 Å². The van der Waals surface area contributed by atoms with Crippen LogP contribution in [0.3, 0.4) is 0 Å². The SMILES string of the molecule is COc1cc(NS(C)(=O)=O)ccc1Nc1c2ccccc2nc2ccccc12.CS(=O)(=O)O. The van der Waals surface area contributed by atoms with E-state index in [1.807, 2.05) is 48.5 Å². The number of ether oxygens (including phenoxy) is 1. The summed E-state index contributed by atoms with van der Waals surface area (Å²) in [6.45, 7) is 0. The molecular weight excluding hydrogens is 466 g/mol. The zero-order chi connectivity index (χ0) is 24.2. The van der Waals surface area contributed by atoms with Gasteiger partial charge in [-0.1, -0.05) is 36.4 Å². The Bertz CT molecular complexity index is 1460. The molecule has 0 aliphatic carbocycles. The molecule has 11 heteroatoms. The first-order valence-corrected chi connectivity index (χ1v) is 13.3. The van der Waals surface area contributed by atoms with Crippen LogP contribution >= 0.6 is 0 Å². The fourth-order valence-electron chi connectivity index (χ4n) is 3.18. The van der Waals surface area contributed by atoms with Gasteiger partial charge in [-0.2, -0.15) is 8.42 Å². The van der Waals surface area contributed by atoms with Crippen LogP contribution in [-0.2, 0) is 20.1 Å². The van der Waals surface area contributed by atoms with Crippen molar-refractivity contribution in [3.05, 3.63) is 66.7 Å². The van der Waals surface area contributed by atoms with Crippen LogP contribution < -0.4 is 14.8 Å². The van der Waals surface area contributed by atoms with Crippen molar-refractivity contribution in [3.8, 4) is 5.75 Å². The Morgan fingerprint density at radius 3 is 1.85 bits per heavy atom. The molecule has 33 heavy (non-hydrogen) atoms. The number of nitrogens with one attached hydrogen (secondary N) is 2. The first-order valence-electron chi connectivity index (χ1n) is 9.57. The average Bonchev–Trinajstić information content (AvgIpc) is 2.72. The van der Waals surface area contributed by atoms with Gasteiger partial charge in [0.2, 0.25) is 10.0 Å². The summed E-state index contributed by atoms with van der Waals surface area (Å²) in [7, 11) is -5.48. The molecule has 0 bridgehead atoms. The van der Waals surface area contributed by atoms with Crippen LogP contribution in [0.1, 0.15) is 0 Å². The van der Waals surface area contributed by atoms with Gasteiger partial charge in [-0.25, -0.2) is 13.4 Å². The van der Waals surface area contributed by atoms with E-state index in [4.69, 9.17) is 14.3 Å². The van der Waals surface area contributed by atoms with E-state index in [-0.39, 0.29) is 0 Å². The number of methoxy groups -OCH3 is 1. The number of sulfonamides is 1. The van der Waals surface area contributed by atoms with E-state index < -0.39 is 20.1 Å². The molecule has 0 unspecified atom stereocenters. The van der Waals surface area contributed by atoms with Crippen LogP contribution in [0.5, 0.6) is 5.75 Å². The first kappa shape index (κ1) is 24.2. The Morgan fingerprint density at radius 2 is 1.36 bits per heavy atom. The topological polar surface area (TPSA) is 135 Å². The van der Waals surface area contributed by atoms with Crippen LogP contribution in [0.4, 0.5) is 17.1 Å². The smallest absolute Gasteiger partial charge is 0.261 e. The number of nitrogens with zero attached hydrogens (tertiary/aromatic N) is 1. The van der Waals surface area contributed by atoms with E-state index in [1.165, 1.54) is 0 Å². The predicted molar refractivity (Wildman–Crippen MR) is 131 cm³/mol. The minimum absolute atomic E-state index is 0.439. The third-order valence-corrected chi connectivity index (χ3v) is 4.96. The lowest BCUT2D eigenvalue weighted by atomic mass is 10.1. The van der Waals surface area contributed by atoms with Crippen molar-refractivity contribution < 1.29 is 26.1 Å². The molecule has 4 aromatic rings. The van der Waals surface area contributed by atoms with Crippen molar-refractivity contribution in [3.63, 3.8) is 0 Å². The molecule has 0 atom stereocenters. The molecule has 0 aliphatic heterocycles. The maximum atomic E-state index is 11.5. The van der Waals surface area contributed by atoms with Crippen molar-refractivity contribution in [2.45, 2.75) is 0 Å². The highest BCUT2D eigenvalue weighted by Crippen LogP contribution is 2.37. The van der Waals surface area contributed by atoms with Gasteiger partial charge in [0, 0.05) is 16.8 Å². The maximum absolute atomic E-state index is 11.5. The van der Waals surface area contributed by atoms with Gasteiger partial charge >= 0.3 is 0 Å². The summed E-state index contributed by atoms with van der Waals surface area (Å²) in [4.78, 5) is 4.73. The Labute approximate surface area is 192 Å². The maximum Gasteiger partial charge on any atom is 0.261 e. The predicted octanol–water partition coefficient (Wildman–Crippen LogP) is 4.02. The monoisotopic (exact) mass is 489 g/mol. The van der Waals surface area contributed by atoms with E-state index in [0.717, 1.165) is 39.4 Å². The summed E-state index contributed by atoms with van der Waals surface area (Å²) in [6.07, 6.45) is 1.83. The van der Waals surface area contributed by atoms with Crippen molar-refractivity contribution >= 4 is 59.0 Å². The molecule has 4 rings (SSSR count). The molecule has 3 N–H and O–H groups in total. The van der Waals surface area contributed by atoms with E-state index in [2.05, 4.69) is 10.0 Å². The Balaban J connectivity index is 0.000000555. The number of anilines is 3. The van der Waals surface area contributed by atoms with Gasteiger partial charge in [0.15, 0.2) is 0 Å². The minimum Gasteiger partial charge on any atom is -0.494 e. The highest BCUT2D eigenvalue weighted by atomic mass is 32.2. The quantitative estimate of drug-likeness (QED) is 0.283. The van der Waals surface area contributed by atoms with E-state index >= 15 is 0 Å². The Hall–Kier alpha value is -3.41. The number of benzene rings is 3. The van der Waals surface area contributed by atoms with Gasteiger partial charge in [0.1, 0.15) is 5.75 Å². The largest absolute Gasteiger partial charge is 0.494 e. The van der Waals surface area contributed by atoms with Crippen molar-refractivity contribution in [2.75, 3.05) is 29.7 Å². The van der Waals surface area contributed by atoms with Gasteiger partial charge in [-0.05, 0) is 24.3 Å².